The lowest BCUT2D eigenvalue weighted by Crippen LogP contribution is -2.47. The predicted molar refractivity (Wildman–Crippen MR) is 126 cm³/mol. The number of halogens is 2. The van der Waals surface area contributed by atoms with E-state index in [-0.39, 0.29) is 5.82 Å². The number of nitrogens with zero attached hydrogens (tertiary/aromatic N) is 4. The van der Waals surface area contributed by atoms with Crippen LogP contribution >= 0.6 is 11.6 Å². The molecule has 0 aliphatic carbocycles. The van der Waals surface area contributed by atoms with Crippen molar-refractivity contribution in [2.75, 3.05) is 37.6 Å². The van der Waals surface area contributed by atoms with E-state index >= 15 is 0 Å². The maximum Gasteiger partial charge on any atom is 0.146 e. The number of aromatic nitrogens is 2. The smallest absolute Gasteiger partial charge is 0.146 e. The molecule has 4 rings (SSSR count). The Labute approximate surface area is 189 Å². The van der Waals surface area contributed by atoms with Gasteiger partial charge in [0.1, 0.15) is 5.82 Å². The summed E-state index contributed by atoms with van der Waals surface area (Å²) >= 11 is 6.21. The van der Waals surface area contributed by atoms with Crippen molar-refractivity contribution in [3.05, 3.63) is 76.8 Å². The van der Waals surface area contributed by atoms with Gasteiger partial charge >= 0.3 is 0 Å². The molecular formula is C25H30ClFN4. The zero-order chi connectivity index (χ0) is 21.6. The van der Waals surface area contributed by atoms with Crippen molar-refractivity contribution in [2.45, 2.75) is 32.6 Å². The molecule has 1 saturated heterocycles. The fourth-order valence-electron chi connectivity index (χ4n) is 4.27. The van der Waals surface area contributed by atoms with Crippen LogP contribution in [0, 0.1) is 5.82 Å². The summed E-state index contributed by atoms with van der Waals surface area (Å²) in [5.41, 5.74) is 4.10. The second-order valence-electron chi connectivity index (χ2n) is 8.15. The van der Waals surface area contributed by atoms with E-state index in [1.807, 2.05) is 35.0 Å². The molecule has 2 aromatic carbocycles. The van der Waals surface area contributed by atoms with Crippen LogP contribution in [0.4, 0.5) is 10.1 Å². The van der Waals surface area contributed by atoms with Gasteiger partial charge < -0.3 is 4.90 Å². The molecule has 0 atom stereocenters. The normalized spacial score (nSPS) is 14.9. The van der Waals surface area contributed by atoms with Crippen LogP contribution in [0.15, 0.2) is 54.6 Å². The van der Waals surface area contributed by atoms with E-state index in [1.54, 1.807) is 6.07 Å². The summed E-state index contributed by atoms with van der Waals surface area (Å²) in [6, 6.07) is 17.2. The molecule has 6 heteroatoms. The average Bonchev–Trinajstić information content (AvgIpc) is 3.18. The summed E-state index contributed by atoms with van der Waals surface area (Å²) in [5, 5.41) is 5.56. The minimum absolute atomic E-state index is 0.131. The molecule has 164 valence electrons. The Morgan fingerprint density at radius 1 is 0.968 bits per heavy atom. The Balaban J connectivity index is 1.34. The Kier molecular flexibility index (Phi) is 7.25. The lowest BCUT2D eigenvalue weighted by atomic mass is 10.1. The van der Waals surface area contributed by atoms with Gasteiger partial charge in [-0.05, 0) is 62.2 Å². The predicted octanol–water partition coefficient (Wildman–Crippen LogP) is 5.37. The minimum atomic E-state index is -0.131. The van der Waals surface area contributed by atoms with Gasteiger partial charge in [-0.3, -0.25) is 4.90 Å². The molecule has 1 aromatic heterocycles. The Morgan fingerprint density at radius 2 is 1.77 bits per heavy atom. The minimum Gasteiger partial charge on any atom is -0.367 e. The van der Waals surface area contributed by atoms with Gasteiger partial charge in [-0.2, -0.15) is 5.10 Å². The van der Waals surface area contributed by atoms with Gasteiger partial charge in [-0.25, -0.2) is 9.07 Å². The lowest BCUT2D eigenvalue weighted by molar-refractivity contribution is 0.254. The highest BCUT2D eigenvalue weighted by molar-refractivity contribution is 6.30. The van der Waals surface area contributed by atoms with E-state index in [4.69, 9.17) is 16.7 Å². The number of aryl methyl sites for hydroxylation is 2. The van der Waals surface area contributed by atoms with Gasteiger partial charge in [-0.1, -0.05) is 43.1 Å². The van der Waals surface area contributed by atoms with Crippen molar-refractivity contribution in [3.63, 3.8) is 0 Å². The number of hydrogen-bond acceptors (Lipinski definition) is 3. The zero-order valence-electron chi connectivity index (χ0n) is 18.1. The van der Waals surface area contributed by atoms with Gasteiger partial charge in [0.15, 0.2) is 0 Å². The summed E-state index contributed by atoms with van der Waals surface area (Å²) in [7, 11) is 0. The van der Waals surface area contributed by atoms with Crippen LogP contribution < -0.4 is 4.90 Å². The molecule has 1 fully saturated rings. The molecule has 31 heavy (non-hydrogen) atoms. The third-order valence-corrected chi connectivity index (χ3v) is 6.10. The molecule has 0 unspecified atom stereocenters. The highest BCUT2D eigenvalue weighted by Gasteiger charge is 2.19. The zero-order valence-corrected chi connectivity index (χ0v) is 18.9. The molecule has 4 nitrogen and oxygen atoms in total. The van der Waals surface area contributed by atoms with Crippen molar-refractivity contribution >= 4 is 17.3 Å². The Morgan fingerprint density at radius 3 is 2.52 bits per heavy atom. The van der Waals surface area contributed by atoms with Gasteiger partial charge in [0.2, 0.25) is 0 Å². The Bertz CT molecular complexity index is 995. The monoisotopic (exact) mass is 440 g/mol. The maximum atomic E-state index is 14.0. The van der Waals surface area contributed by atoms with E-state index < -0.39 is 0 Å². The first-order valence-corrected chi connectivity index (χ1v) is 11.6. The van der Waals surface area contributed by atoms with Crippen molar-refractivity contribution in [1.29, 1.82) is 0 Å². The fraction of sp³-hybridized carbons (Fsp3) is 0.400. The molecule has 0 N–H and O–H groups in total. The first-order chi connectivity index (χ1) is 15.1. The molecule has 0 spiro atoms. The van der Waals surface area contributed by atoms with Gasteiger partial charge in [0.25, 0.3) is 0 Å². The van der Waals surface area contributed by atoms with Crippen LogP contribution in [0.1, 0.15) is 31.2 Å². The molecule has 1 aliphatic rings. The average molecular weight is 441 g/mol. The van der Waals surface area contributed by atoms with Crippen molar-refractivity contribution in [1.82, 2.24) is 14.7 Å². The van der Waals surface area contributed by atoms with Crippen molar-refractivity contribution in [3.8, 4) is 5.69 Å². The third-order valence-electron chi connectivity index (χ3n) is 5.87. The second kappa shape index (κ2) is 10.3. The molecule has 0 saturated carbocycles. The first-order valence-electron chi connectivity index (χ1n) is 11.2. The van der Waals surface area contributed by atoms with Crippen LogP contribution in [-0.4, -0.2) is 47.4 Å². The van der Waals surface area contributed by atoms with E-state index in [0.717, 1.165) is 80.5 Å². The SMILES string of the molecule is CCCc1cc(CCCN2CCN(c3ccccc3F)CC2)n(-c2cccc(Cl)c2)n1. The quantitative estimate of drug-likeness (QED) is 0.470. The summed E-state index contributed by atoms with van der Waals surface area (Å²) < 4.78 is 16.1. The summed E-state index contributed by atoms with van der Waals surface area (Å²) in [5.74, 6) is -0.131. The lowest BCUT2D eigenvalue weighted by Gasteiger charge is -2.36. The maximum absolute atomic E-state index is 14.0. The van der Waals surface area contributed by atoms with Crippen LogP contribution in [0.2, 0.25) is 5.02 Å². The third kappa shape index (κ3) is 5.46. The van der Waals surface area contributed by atoms with Crippen LogP contribution in [0.5, 0.6) is 0 Å². The number of piperazine rings is 1. The molecule has 0 bridgehead atoms. The molecule has 3 aromatic rings. The number of anilines is 1. The fourth-order valence-corrected chi connectivity index (χ4v) is 4.45. The Hall–Kier alpha value is -2.37. The van der Waals surface area contributed by atoms with E-state index in [2.05, 4.69) is 28.9 Å². The standard InChI is InChI=1S/C25H30ClFN4/c1-2-7-21-19-23(31(28-21)22-9-5-8-20(26)18-22)10-6-13-29-14-16-30(17-15-29)25-12-4-3-11-24(25)27/h3-5,8-9,11-12,18-19H,2,6-7,10,13-17H2,1H3. The van der Waals surface area contributed by atoms with E-state index in [1.165, 1.54) is 11.8 Å². The van der Waals surface area contributed by atoms with Crippen molar-refractivity contribution in [2.24, 2.45) is 0 Å². The van der Waals surface area contributed by atoms with Crippen molar-refractivity contribution < 1.29 is 4.39 Å². The number of para-hydroxylation sites is 1. The van der Waals surface area contributed by atoms with Gasteiger partial charge in [-0.15, -0.1) is 0 Å². The van der Waals surface area contributed by atoms with Crippen LogP contribution in [0.25, 0.3) is 5.69 Å². The second-order valence-corrected chi connectivity index (χ2v) is 8.59. The molecule has 1 aliphatic heterocycles. The molecular weight excluding hydrogens is 411 g/mol. The molecule has 2 heterocycles. The highest BCUT2D eigenvalue weighted by atomic mass is 35.5. The topological polar surface area (TPSA) is 24.3 Å². The largest absolute Gasteiger partial charge is 0.367 e. The molecule has 0 amide bonds. The number of benzene rings is 2. The summed E-state index contributed by atoms with van der Waals surface area (Å²) in [4.78, 5) is 4.63. The van der Waals surface area contributed by atoms with E-state index in [9.17, 15) is 4.39 Å². The van der Waals surface area contributed by atoms with Crippen LogP contribution in [0.3, 0.4) is 0 Å². The van der Waals surface area contributed by atoms with Gasteiger partial charge in [0, 0.05) is 36.9 Å². The number of rotatable bonds is 8. The van der Waals surface area contributed by atoms with E-state index in [0.29, 0.717) is 0 Å². The number of hydrogen-bond donors (Lipinski definition) is 0. The summed E-state index contributed by atoms with van der Waals surface area (Å²) in [6.45, 7) is 6.87. The van der Waals surface area contributed by atoms with Gasteiger partial charge in [0.05, 0.1) is 17.1 Å². The first kappa shape index (κ1) is 21.8. The highest BCUT2D eigenvalue weighted by Crippen LogP contribution is 2.21. The molecule has 0 radical (unpaired) electrons. The van der Waals surface area contributed by atoms with Crippen LogP contribution in [-0.2, 0) is 12.8 Å². The summed E-state index contributed by atoms with van der Waals surface area (Å²) in [6.07, 6.45) is 4.10.